The molecule has 0 spiro atoms. The fourth-order valence-corrected chi connectivity index (χ4v) is 3.12. The maximum Gasteiger partial charge on any atom is 0.321 e. The molecular formula is C18H20ClNO6. The Hall–Kier alpha value is -2.64. The summed E-state index contributed by atoms with van der Waals surface area (Å²) in [5, 5.41) is 32.1. The van der Waals surface area contributed by atoms with Crippen molar-refractivity contribution in [2.45, 2.75) is 18.5 Å². The number of phenolic OH excluding ortho intramolecular Hbond substituents is 2. The number of phenols is 2. The lowest BCUT2D eigenvalue weighted by Crippen LogP contribution is -2.45. The molecule has 1 aliphatic rings. The van der Waals surface area contributed by atoms with Crippen LogP contribution in [0.15, 0.2) is 30.3 Å². The number of halogens is 1. The second kappa shape index (κ2) is 7.72. The van der Waals surface area contributed by atoms with Crippen molar-refractivity contribution in [1.29, 1.82) is 0 Å². The van der Waals surface area contributed by atoms with Gasteiger partial charge in [-0.15, -0.1) is 12.4 Å². The summed E-state index contributed by atoms with van der Waals surface area (Å²) in [7, 11) is 3.06. The summed E-state index contributed by atoms with van der Waals surface area (Å²) in [5.41, 5.74) is 2.14. The average molecular weight is 382 g/mol. The van der Waals surface area contributed by atoms with Gasteiger partial charge in [0.15, 0.2) is 23.0 Å². The first-order valence-electron chi connectivity index (χ1n) is 7.70. The predicted octanol–water partition coefficient (Wildman–Crippen LogP) is 2.23. The molecule has 8 heteroatoms. The number of nitrogens with one attached hydrogen (secondary N) is 1. The molecule has 0 aromatic heterocycles. The van der Waals surface area contributed by atoms with E-state index in [1.165, 1.54) is 26.4 Å². The highest BCUT2D eigenvalue weighted by atomic mass is 35.5. The number of ether oxygens (including phenoxy) is 2. The number of aliphatic carboxylic acids is 1. The van der Waals surface area contributed by atoms with E-state index in [1.54, 1.807) is 18.2 Å². The number of hydrogen-bond donors (Lipinski definition) is 4. The summed E-state index contributed by atoms with van der Waals surface area (Å²) in [6.07, 6.45) is 0.211. The molecule has 26 heavy (non-hydrogen) atoms. The molecule has 0 saturated heterocycles. The molecule has 0 bridgehead atoms. The average Bonchev–Trinajstić information content (AvgIpc) is 2.61. The molecule has 4 N–H and O–H groups in total. The van der Waals surface area contributed by atoms with Crippen molar-refractivity contribution < 1.29 is 29.6 Å². The standard InChI is InChI=1S/C18H19NO6.ClH/c1-24-15-4-3-9(7-16(15)25-2)17-11-8-14(21)13(20)6-10(11)5-12(19-17)18(22)23;/h3-4,6-8,12,17,19-21H,5H2,1-2H3,(H,22,23);1H. The number of methoxy groups -OCH3 is 2. The third kappa shape index (κ3) is 3.49. The van der Waals surface area contributed by atoms with Crippen molar-refractivity contribution in [1.82, 2.24) is 5.32 Å². The van der Waals surface area contributed by atoms with Gasteiger partial charge in [-0.05, 0) is 47.4 Å². The summed E-state index contributed by atoms with van der Waals surface area (Å²) >= 11 is 0. The van der Waals surface area contributed by atoms with E-state index in [0.29, 0.717) is 22.6 Å². The zero-order valence-electron chi connectivity index (χ0n) is 14.2. The number of benzene rings is 2. The van der Waals surface area contributed by atoms with Gasteiger partial charge < -0.3 is 24.8 Å². The molecule has 0 radical (unpaired) electrons. The van der Waals surface area contributed by atoms with Gasteiger partial charge in [-0.3, -0.25) is 10.1 Å². The van der Waals surface area contributed by atoms with Crippen LogP contribution in [-0.4, -0.2) is 41.6 Å². The SMILES string of the molecule is COc1ccc(C2NC(C(=O)O)Cc3cc(O)c(O)cc32)cc1OC.Cl. The molecule has 1 heterocycles. The Labute approximate surface area is 156 Å². The number of aromatic hydroxyl groups is 2. The van der Waals surface area contributed by atoms with Gasteiger partial charge in [0.05, 0.1) is 20.3 Å². The van der Waals surface area contributed by atoms with Gasteiger partial charge in [-0.2, -0.15) is 0 Å². The summed E-state index contributed by atoms with van der Waals surface area (Å²) < 4.78 is 10.5. The molecule has 140 valence electrons. The van der Waals surface area contributed by atoms with Gasteiger partial charge in [0.2, 0.25) is 0 Å². The van der Waals surface area contributed by atoms with Crippen LogP contribution in [0.2, 0.25) is 0 Å². The van der Waals surface area contributed by atoms with Crippen LogP contribution in [-0.2, 0) is 11.2 Å². The van der Waals surface area contributed by atoms with E-state index < -0.39 is 18.1 Å². The fraction of sp³-hybridized carbons (Fsp3) is 0.278. The minimum atomic E-state index is -0.983. The van der Waals surface area contributed by atoms with E-state index in [9.17, 15) is 20.1 Å². The molecule has 0 fully saturated rings. The zero-order chi connectivity index (χ0) is 18.1. The predicted molar refractivity (Wildman–Crippen MR) is 96.7 cm³/mol. The molecule has 3 rings (SSSR count). The van der Waals surface area contributed by atoms with Crippen LogP contribution in [0.25, 0.3) is 0 Å². The van der Waals surface area contributed by atoms with Gasteiger partial charge in [-0.25, -0.2) is 0 Å². The van der Waals surface area contributed by atoms with E-state index in [-0.39, 0.29) is 30.3 Å². The number of carboxylic acids is 1. The maximum absolute atomic E-state index is 11.5. The second-order valence-corrected chi connectivity index (χ2v) is 5.85. The van der Waals surface area contributed by atoms with Crippen molar-refractivity contribution in [3.05, 3.63) is 47.0 Å². The Morgan fingerprint density at radius 2 is 1.73 bits per heavy atom. The number of hydrogen-bond acceptors (Lipinski definition) is 6. The first kappa shape index (κ1) is 19.7. The topological polar surface area (TPSA) is 108 Å². The number of carboxylic acid groups (broad SMARTS) is 1. The quantitative estimate of drug-likeness (QED) is 0.601. The van der Waals surface area contributed by atoms with E-state index in [0.717, 1.165) is 5.56 Å². The minimum Gasteiger partial charge on any atom is -0.504 e. The van der Waals surface area contributed by atoms with Crippen molar-refractivity contribution in [3.63, 3.8) is 0 Å². The van der Waals surface area contributed by atoms with Gasteiger partial charge in [0.1, 0.15) is 6.04 Å². The molecule has 0 aliphatic carbocycles. The highest BCUT2D eigenvalue weighted by molar-refractivity contribution is 5.85. The summed E-state index contributed by atoms with van der Waals surface area (Å²) in [6, 6.07) is 6.88. The van der Waals surface area contributed by atoms with E-state index in [2.05, 4.69) is 5.32 Å². The lowest BCUT2D eigenvalue weighted by Gasteiger charge is -2.32. The van der Waals surface area contributed by atoms with Crippen LogP contribution in [0.3, 0.4) is 0 Å². The largest absolute Gasteiger partial charge is 0.504 e. The van der Waals surface area contributed by atoms with E-state index >= 15 is 0 Å². The summed E-state index contributed by atoms with van der Waals surface area (Å²) in [6.45, 7) is 0. The lowest BCUT2D eigenvalue weighted by atomic mass is 9.86. The van der Waals surface area contributed by atoms with Crippen LogP contribution in [0.4, 0.5) is 0 Å². The molecule has 0 saturated carbocycles. The smallest absolute Gasteiger partial charge is 0.321 e. The van der Waals surface area contributed by atoms with Crippen LogP contribution >= 0.6 is 12.4 Å². The van der Waals surface area contributed by atoms with E-state index in [1.807, 2.05) is 0 Å². The fourth-order valence-electron chi connectivity index (χ4n) is 3.12. The number of fused-ring (bicyclic) bond motifs is 1. The Kier molecular flexibility index (Phi) is 5.84. The second-order valence-electron chi connectivity index (χ2n) is 5.85. The van der Waals surface area contributed by atoms with Crippen molar-refractivity contribution in [3.8, 4) is 23.0 Å². The van der Waals surface area contributed by atoms with Gasteiger partial charge >= 0.3 is 5.97 Å². The molecule has 1 aliphatic heterocycles. The third-order valence-corrected chi connectivity index (χ3v) is 4.38. The van der Waals surface area contributed by atoms with E-state index in [4.69, 9.17) is 9.47 Å². The first-order chi connectivity index (χ1) is 11.9. The normalized spacial score (nSPS) is 18.4. The lowest BCUT2D eigenvalue weighted by molar-refractivity contribution is -0.139. The third-order valence-electron chi connectivity index (χ3n) is 4.38. The Balaban J connectivity index is 0.00000243. The van der Waals surface area contributed by atoms with Crippen molar-refractivity contribution >= 4 is 18.4 Å². The van der Waals surface area contributed by atoms with Gasteiger partial charge in [0, 0.05) is 0 Å². The highest BCUT2D eigenvalue weighted by Gasteiger charge is 2.32. The van der Waals surface area contributed by atoms with Crippen molar-refractivity contribution in [2.24, 2.45) is 0 Å². The van der Waals surface area contributed by atoms with Crippen LogP contribution in [0.5, 0.6) is 23.0 Å². The zero-order valence-corrected chi connectivity index (χ0v) is 15.0. The Morgan fingerprint density at radius 3 is 2.35 bits per heavy atom. The van der Waals surface area contributed by atoms with Crippen LogP contribution < -0.4 is 14.8 Å². The van der Waals surface area contributed by atoms with Crippen molar-refractivity contribution in [2.75, 3.05) is 14.2 Å². The van der Waals surface area contributed by atoms with Crippen LogP contribution in [0.1, 0.15) is 22.7 Å². The molecule has 2 atom stereocenters. The minimum absolute atomic E-state index is 0. The highest BCUT2D eigenvalue weighted by Crippen LogP contribution is 2.39. The number of carbonyl (C=O) groups is 1. The Bertz CT molecular complexity index is 826. The Morgan fingerprint density at radius 1 is 1.08 bits per heavy atom. The van der Waals surface area contributed by atoms with Crippen LogP contribution in [0, 0.1) is 0 Å². The summed E-state index contributed by atoms with van der Waals surface area (Å²) in [5.74, 6) is -0.422. The molecule has 0 amide bonds. The number of rotatable bonds is 4. The molecule has 7 nitrogen and oxygen atoms in total. The van der Waals surface area contributed by atoms with Gasteiger partial charge in [-0.1, -0.05) is 6.07 Å². The maximum atomic E-state index is 11.5. The molecule has 2 unspecified atom stereocenters. The monoisotopic (exact) mass is 381 g/mol. The summed E-state index contributed by atoms with van der Waals surface area (Å²) in [4.78, 5) is 11.5. The van der Waals surface area contributed by atoms with Gasteiger partial charge in [0.25, 0.3) is 0 Å². The molecular weight excluding hydrogens is 362 g/mol. The first-order valence-corrected chi connectivity index (χ1v) is 7.70. The molecule has 2 aromatic carbocycles. The molecule has 2 aromatic rings.